The van der Waals surface area contributed by atoms with Crippen molar-refractivity contribution in [1.29, 1.82) is 0 Å². The first-order valence-electron chi connectivity index (χ1n) is 10.2. The Morgan fingerprint density at radius 2 is 1.64 bits per heavy atom. The molecule has 0 aliphatic carbocycles. The van der Waals surface area contributed by atoms with Crippen LogP contribution in [0.1, 0.15) is 26.2 Å². The number of hydrogen-bond donors (Lipinski definition) is 1. The van der Waals surface area contributed by atoms with E-state index in [9.17, 15) is 4.79 Å². The van der Waals surface area contributed by atoms with Crippen LogP contribution in [0.3, 0.4) is 0 Å². The number of benzene rings is 1. The lowest BCUT2D eigenvalue weighted by atomic mass is 10.0. The molecule has 1 aromatic heterocycles. The van der Waals surface area contributed by atoms with Gasteiger partial charge in [0, 0.05) is 44.5 Å². The van der Waals surface area contributed by atoms with Gasteiger partial charge in [0.15, 0.2) is 11.6 Å². The van der Waals surface area contributed by atoms with Gasteiger partial charge in [-0.05, 0) is 50.5 Å². The van der Waals surface area contributed by atoms with Crippen LogP contribution in [-0.4, -0.2) is 59.9 Å². The summed E-state index contributed by atoms with van der Waals surface area (Å²) < 4.78 is 0. The zero-order valence-electron chi connectivity index (χ0n) is 16.4. The van der Waals surface area contributed by atoms with Gasteiger partial charge in [0.25, 0.3) is 0 Å². The second kappa shape index (κ2) is 8.46. The van der Waals surface area contributed by atoms with Crippen molar-refractivity contribution in [3.63, 3.8) is 0 Å². The molecule has 2 amide bonds. The second-order valence-corrected chi connectivity index (χ2v) is 7.56. The van der Waals surface area contributed by atoms with Crippen LogP contribution >= 0.6 is 0 Å². The predicted octanol–water partition coefficient (Wildman–Crippen LogP) is 3.21. The van der Waals surface area contributed by atoms with E-state index in [1.165, 1.54) is 19.3 Å². The predicted molar refractivity (Wildman–Crippen MR) is 112 cm³/mol. The highest BCUT2D eigenvalue weighted by Crippen LogP contribution is 2.23. The van der Waals surface area contributed by atoms with E-state index in [0.29, 0.717) is 19.1 Å². The molecule has 0 radical (unpaired) electrons. The number of piperazine rings is 1. The van der Waals surface area contributed by atoms with E-state index in [1.54, 1.807) is 0 Å². The summed E-state index contributed by atoms with van der Waals surface area (Å²) in [5, 5.41) is 11.9. The number of urea groups is 1. The average molecular weight is 380 g/mol. The van der Waals surface area contributed by atoms with Gasteiger partial charge in [-0.2, -0.15) is 0 Å². The van der Waals surface area contributed by atoms with Crippen molar-refractivity contribution < 1.29 is 4.79 Å². The largest absolute Gasteiger partial charge is 0.352 e. The maximum atomic E-state index is 12.4. The normalized spacial score (nSPS) is 20.2. The number of nitrogens with zero attached hydrogens (tertiary/aromatic N) is 5. The first-order chi connectivity index (χ1) is 13.7. The van der Waals surface area contributed by atoms with E-state index >= 15 is 0 Å². The topological polar surface area (TPSA) is 64.6 Å². The minimum Gasteiger partial charge on any atom is -0.352 e. The van der Waals surface area contributed by atoms with Gasteiger partial charge >= 0.3 is 6.03 Å². The maximum Gasteiger partial charge on any atom is 0.321 e. The molecule has 0 bridgehead atoms. The fraction of sp³-hybridized carbons (Fsp3) is 0.476. The van der Waals surface area contributed by atoms with E-state index in [0.717, 1.165) is 37.0 Å². The van der Waals surface area contributed by atoms with Gasteiger partial charge in [0.2, 0.25) is 0 Å². The fourth-order valence-electron chi connectivity index (χ4n) is 3.94. The maximum absolute atomic E-state index is 12.4. The summed E-state index contributed by atoms with van der Waals surface area (Å²) in [6.45, 7) is 6.18. The Morgan fingerprint density at radius 3 is 2.32 bits per heavy atom. The summed E-state index contributed by atoms with van der Waals surface area (Å²) in [5.41, 5.74) is 0.823. The minimum absolute atomic E-state index is 0.0497. The molecule has 7 heteroatoms. The van der Waals surface area contributed by atoms with Gasteiger partial charge in [-0.25, -0.2) is 4.79 Å². The van der Waals surface area contributed by atoms with Gasteiger partial charge in [-0.1, -0.05) is 18.2 Å². The van der Waals surface area contributed by atoms with Crippen molar-refractivity contribution in [2.24, 2.45) is 0 Å². The van der Waals surface area contributed by atoms with Crippen molar-refractivity contribution in [3.8, 4) is 0 Å². The Labute approximate surface area is 166 Å². The van der Waals surface area contributed by atoms with E-state index < -0.39 is 0 Å². The summed E-state index contributed by atoms with van der Waals surface area (Å²) >= 11 is 0. The number of carbonyl (C=O) groups is 1. The average Bonchev–Trinajstić information content (AvgIpc) is 2.75. The molecule has 1 atom stereocenters. The SMILES string of the molecule is CC1CCCCN1c1ccc(N2CCN(C(=O)Nc3ccccc3)CC2)nn1. The molecule has 4 rings (SSSR count). The van der Waals surface area contributed by atoms with Crippen LogP contribution in [0.5, 0.6) is 0 Å². The molecule has 2 aliphatic rings. The molecule has 1 aromatic carbocycles. The zero-order chi connectivity index (χ0) is 19.3. The highest BCUT2D eigenvalue weighted by molar-refractivity contribution is 5.89. The van der Waals surface area contributed by atoms with Crippen molar-refractivity contribution in [2.45, 2.75) is 32.2 Å². The van der Waals surface area contributed by atoms with Gasteiger partial charge < -0.3 is 20.0 Å². The van der Waals surface area contributed by atoms with E-state index in [2.05, 4.69) is 44.4 Å². The van der Waals surface area contributed by atoms with E-state index in [4.69, 9.17) is 0 Å². The number of aromatic nitrogens is 2. The number of piperidine rings is 1. The zero-order valence-corrected chi connectivity index (χ0v) is 16.4. The van der Waals surface area contributed by atoms with Crippen LogP contribution in [0.15, 0.2) is 42.5 Å². The van der Waals surface area contributed by atoms with Crippen LogP contribution in [0.2, 0.25) is 0 Å². The molecule has 1 N–H and O–H groups in total. The molecule has 2 fully saturated rings. The van der Waals surface area contributed by atoms with Crippen LogP contribution < -0.4 is 15.1 Å². The number of amides is 2. The molecule has 1 unspecified atom stereocenters. The highest BCUT2D eigenvalue weighted by Gasteiger charge is 2.23. The second-order valence-electron chi connectivity index (χ2n) is 7.56. The Kier molecular flexibility index (Phi) is 5.60. The summed E-state index contributed by atoms with van der Waals surface area (Å²) in [5.74, 6) is 1.85. The molecule has 2 aliphatic heterocycles. The van der Waals surface area contributed by atoms with Gasteiger partial charge in [0.05, 0.1) is 0 Å². The van der Waals surface area contributed by atoms with Crippen LogP contribution in [0.25, 0.3) is 0 Å². The molecule has 0 saturated carbocycles. The summed E-state index contributed by atoms with van der Waals surface area (Å²) in [6.07, 6.45) is 3.74. The number of rotatable bonds is 3. The van der Waals surface area contributed by atoms with Crippen LogP contribution in [-0.2, 0) is 0 Å². The Bertz CT molecular complexity index is 773. The molecule has 2 saturated heterocycles. The number of hydrogen-bond acceptors (Lipinski definition) is 5. The third-order valence-corrected chi connectivity index (χ3v) is 5.65. The van der Waals surface area contributed by atoms with Crippen LogP contribution in [0, 0.1) is 0 Å². The lowest BCUT2D eigenvalue weighted by molar-refractivity contribution is 0.208. The Balaban J connectivity index is 1.31. The lowest BCUT2D eigenvalue weighted by Crippen LogP contribution is -2.50. The molecule has 3 heterocycles. The van der Waals surface area contributed by atoms with Gasteiger partial charge in [-0.15, -0.1) is 10.2 Å². The van der Waals surface area contributed by atoms with Crippen molar-refractivity contribution in [3.05, 3.63) is 42.5 Å². The molecule has 28 heavy (non-hydrogen) atoms. The van der Waals surface area contributed by atoms with Crippen molar-refractivity contribution in [1.82, 2.24) is 15.1 Å². The molecular formula is C21H28N6O. The number of anilines is 3. The smallest absolute Gasteiger partial charge is 0.321 e. The molecule has 2 aromatic rings. The molecule has 7 nitrogen and oxygen atoms in total. The van der Waals surface area contributed by atoms with Crippen molar-refractivity contribution in [2.75, 3.05) is 47.8 Å². The summed E-state index contributed by atoms with van der Waals surface area (Å²) in [4.78, 5) is 18.8. The standard InChI is InChI=1S/C21H28N6O/c1-17-7-5-6-12-27(17)20-11-10-19(23-24-20)25-13-15-26(16-14-25)21(28)22-18-8-3-2-4-9-18/h2-4,8-11,17H,5-7,12-16H2,1H3,(H,22,28). The first kappa shape index (κ1) is 18.5. The van der Waals surface area contributed by atoms with E-state index in [1.807, 2.05) is 35.2 Å². The summed E-state index contributed by atoms with van der Waals surface area (Å²) in [6, 6.07) is 14.2. The summed E-state index contributed by atoms with van der Waals surface area (Å²) in [7, 11) is 0. The third-order valence-electron chi connectivity index (χ3n) is 5.65. The Hall–Kier alpha value is -2.83. The third kappa shape index (κ3) is 4.18. The fourth-order valence-corrected chi connectivity index (χ4v) is 3.94. The molecule has 0 spiro atoms. The van der Waals surface area contributed by atoms with E-state index in [-0.39, 0.29) is 6.03 Å². The van der Waals surface area contributed by atoms with Crippen molar-refractivity contribution >= 4 is 23.4 Å². The number of carbonyl (C=O) groups excluding carboxylic acids is 1. The Morgan fingerprint density at radius 1 is 0.929 bits per heavy atom. The van der Waals surface area contributed by atoms with Gasteiger partial charge in [-0.3, -0.25) is 0 Å². The molecule has 148 valence electrons. The molecular weight excluding hydrogens is 352 g/mol. The number of para-hydroxylation sites is 1. The highest BCUT2D eigenvalue weighted by atomic mass is 16.2. The van der Waals surface area contributed by atoms with Gasteiger partial charge in [0.1, 0.15) is 0 Å². The van der Waals surface area contributed by atoms with Crippen LogP contribution in [0.4, 0.5) is 22.1 Å². The monoisotopic (exact) mass is 380 g/mol. The quantitative estimate of drug-likeness (QED) is 0.886. The number of nitrogens with one attached hydrogen (secondary N) is 1. The first-order valence-corrected chi connectivity index (χ1v) is 10.2. The lowest BCUT2D eigenvalue weighted by Gasteiger charge is -2.36. The minimum atomic E-state index is -0.0497.